The van der Waals surface area contributed by atoms with Crippen molar-refractivity contribution in [3.05, 3.63) is 0 Å². The molecule has 4 heteroatoms. The van der Waals surface area contributed by atoms with Gasteiger partial charge in [-0.1, -0.05) is 13.8 Å². The minimum Gasteiger partial charge on any atom is -0.390 e. The zero-order valence-corrected chi connectivity index (χ0v) is 11.5. The molecule has 0 radical (unpaired) electrons. The minimum atomic E-state index is -0.274. The van der Waals surface area contributed by atoms with E-state index in [0.717, 1.165) is 26.2 Å². The van der Waals surface area contributed by atoms with Gasteiger partial charge in [0.05, 0.1) is 6.10 Å². The third-order valence-electron chi connectivity index (χ3n) is 2.73. The molecule has 98 valence electrons. The van der Waals surface area contributed by atoms with Crippen molar-refractivity contribution in [1.82, 2.24) is 15.1 Å². The van der Waals surface area contributed by atoms with Gasteiger partial charge in [0.25, 0.3) is 0 Å². The summed E-state index contributed by atoms with van der Waals surface area (Å²) in [6.07, 6.45) is -0.274. The van der Waals surface area contributed by atoms with E-state index in [1.165, 1.54) is 0 Å². The normalized spacial score (nSPS) is 15.8. The summed E-state index contributed by atoms with van der Waals surface area (Å²) in [4.78, 5) is 4.51. The summed E-state index contributed by atoms with van der Waals surface area (Å²) in [6.45, 7) is 10.8. The fourth-order valence-electron chi connectivity index (χ4n) is 1.91. The van der Waals surface area contributed by atoms with E-state index in [2.05, 4.69) is 50.0 Å². The lowest BCUT2D eigenvalue weighted by Crippen LogP contribution is -2.45. The van der Waals surface area contributed by atoms with Gasteiger partial charge in [0.1, 0.15) is 0 Å². The minimum absolute atomic E-state index is 0.274. The van der Waals surface area contributed by atoms with Crippen LogP contribution in [0.3, 0.4) is 0 Å². The second-order valence-corrected chi connectivity index (χ2v) is 4.66. The van der Waals surface area contributed by atoms with Gasteiger partial charge in [-0.2, -0.15) is 0 Å². The molecule has 0 bridgehead atoms. The Labute approximate surface area is 101 Å². The van der Waals surface area contributed by atoms with E-state index >= 15 is 0 Å². The molecule has 0 rings (SSSR count). The first kappa shape index (κ1) is 15.8. The lowest BCUT2D eigenvalue weighted by molar-refractivity contribution is 0.0857. The topological polar surface area (TPSA) is 38.7 Å². The molecule has 0 spiro atoms. The SMILES string of the molecule is CCNCC(O)CN(CC)C(C)CN(C)C. The number of hydrogen-bond acceptors (Lipinski definition) is 4. The number of rotatable bonds is 9. The van der Waals surface area contributed by atoms with Crippen molar-refractivity contribution in [2.24, 2.45) is 0 Å². The van der Waals surface area contributed by atoms with Crippen LogP contribution in [-0.4, -0.2) is 73.9 Å². The first-order chi connectivity index (χ1) is 7.51. The summed E-state index contributed by atoms with van der Waals surface area (Å²) < 4.78 is 0. The van der Waals surface area contributed by atoms with Crippen molar-refractivity contribution >= 4 is 0 Å². The average Bonchev–Trinajstić information content (AvgIpc) is 2.21. The Morgan fingerprint density at radius 2 is 1.81 bits per heavy atom. The molecular weight excluding hydrogens is 202 g/mol. The van der Waals surface area contributed by atoms with E-state index in [0.29, 0.717) is 12.6 Å². The van der Waals surface area contributed by atoms with Gasteiger partial charge in [-0.15, -0.1) is 0 Å². The number of hydrogen-bond donors (Lipinski definition) is 2. The molecule has 2 unspecified atom stereocenters. The van der Waals surface area contributed by atoms with Crippen LogP contribution < -0.4 is 5.32 Å². The van der Waals surface area contributed by atoms with Crippen LogP contribution in [0.2, 0.25) is 0 Å². The predicted octanol–water partition coefficient (Wildman–Crippen LogP) is 0.229. The van der Waals surface area contributed by atoms with Crippen molar-refractivity contribution in [2.45, 2.75) is 32.9 Å². The highest BCUT2D eigenvalue weighted by Gasteiger charge is 2.16. The van der Waals surface area contributed by atoms with Crippen molar-refractivity contribution in [3.8, 4) is 0 Å². The zero-order valence-electron chi connectivity index (χ0n) is 11.5. The number of aliphatic hydroxyl groups excluding tert-OH is 1. The second kappa shape index (κ2) is 8.93. The van der Waals surface area contributed by atoms with Gasteiger partial charge < -0.3 is 15.3 Å². The molecule has 2 atom stereocenters. The van der Waals surface area contributed by atoms with E-state index in [-0.39, 0.29) is 6.10 Å². The van der Waals surface area contributed by atoms with Crippen LogP contribution in [0.4, 0.5) is 0 Å². The summed E-state index contributed by atoms with van der Waals surface area (Å²) >= 11 is 0. The Kier molecular flexibility index (Phi) is 8.84. The lowest BCUT2D eigenvalue weighted by Gasteiger charge is -2.31. The zero-order chi connectivity index (χ0) is 12.6. The monoisotopic (exact) mass is 231 g/mol. The number of nitrogens with one attached hydrogen (secondary N) is 1. The Hall–Kier alpha value is -0.160. The molecule has 0 amide bonds. The van der Waals surface area contributed by atoms with E-state index in [1.54, 1.807) is 0 Å². The third kappa shape index (κ3) is 7.17. The fourth-order valence-corrected chi connectivity index (χ4v) is 1.91. The van der Waals surface area contributed by atoms with E-state index in [9.17, 15) is 5.11 Å². The maximum Gasteiger partial charge on any atom is 0.0791 e. The Balaban J connectivity index is 3.97. The molecule has 0 heterocycles. The summed E-state index contributed by atoms with van der Waals surface area (Å²) in [7, 11) is 4.17. The first-order valence-corrected chi connectivity index (χ1v) is 6.28. The lowest BCUT2D eigenvalue weighted by atomic mass is 10.2. The summed E-state index contributed by atoms with van der Waals surface area (Å²) in [6, 6.07) is 0.483. The third-order valence-corrected chi connectivity index (χ3v) is 2.73. The number of aliphatic hydroxyl groups is 1. The average molecular weight is 231 g/mol. The molecule has 0 aliphatic rings. The number of nitrogens with zero attached hydrogens (tertiary/aromatic N) is 2. The summed E-state index contributed by atoms with van der Waals surface area (Å²) in [5, 5.41) is 13.0. The van der Waals surface area contributed by atoms with Gasteiger partial charge in [0.2, 0.25) is 0 Å². The second-order valence-electron chi connectivity index (χ2n) is 4.66. The van der Waals surface area contributed by atoms with Crippen molar-refractivity contribution < 1.29 is 5.11 Å². The molecule has 0 aliphatic heterocycles. The molecule has 0 aromatic rings. The summed E-state index contributed by atoms with van der Waals surface area (Å²) in [5.41, 5.74) is 0. The van der Waals surface area contributed by atoms with E-state index in [4.69, 9.17) is 0 Å². The predicted molar refractivity (Wildman–Crippen MR) is 69.8 cm³/mol. The van der Waals surface area contributed by atoms with Crippen LogP contribution >= 0.6 is 0 Å². The molecule has 16 heavy (non-hydrogen) atoms. The van der Waals surface area contributed by atoms with Gasteiger partial charge in [0.15, 0.2) is 0 Å². The van der Waals surface area contributed by atoms with Crippen LogP contribution in [0.25, 0.3) is 0 Å². The Bertz CT molecular complexity index is 164. The molecule has 0 aromatic heterocycles. The van der Waals surface area contributed by atoms with Gasteiger partial charge in [0, 0.05) is 25.7 Å². The number of likely N-dealkylation sites (N-methyl/N-ethyl adjacent to an activating group) is 3. The quantitative estimate of drug-likeness (QED) is 0.596. The maximum absolute atomic E-state index is 9.85. The van der Waals surface area contributed by atoms with Crippen LogP contribution in [0.1, 0.15) is 20.8 Å². The van der Waals surface area contributed by atoms with Crippen LogP contribution in [0, 0.1) is 0 Å². The molecular formula is C12H29N3O. The highest BCUT2D eigenvalue weighted by molar-refractivity contribution is 4.72. The molecule has 4 nitrogen and oxygen atoms in total. The first-order valence-electron chi connectivity index (χ1n) is 6.28. The highest BCUT2D eigenvalue weighted by Crippen LogP contribution is 2.01. The maximum atomic E-state index is 9.85. The largest absolute Gasteiger partial charge is 0.390 e. The molecule has 2 N–H and O–H groups in total. The molecule has 0 aromatic carbocycles. The summed E-state index contributed by atoms with van der Waals surface area (Å²) in [5.74, 6) is 0. The van der Waals surface area contributed by atoms with Gasteiger partial charge in [-0.05, 0) is 34.1 Å². The van der Waals surface area contributed by atoms with Gasteiger partial charge in [-0.3, -0.25) is 4.90 Å². The Morgan fingerprint density at radius 1 is 1.19 bits per heavy atom. The smallest absolute Gasteiger partial charge is 0.0791 e. The molecule has 0 aliphatic carbocycles. The van der Waals surface area contributed by atoms with E-state index in [1.807, 2.05) is 0 Å². The van der Waals surface area contributed by atoms with Crippen LogP contribution in [0.15, 0.2) is 0 Å². The molecule has 0 saturated heterocycles. The van der Waals surface area contributed by atoms with Crippen molar-refractivity contribution in [1.29, 1.82) is 0 Å². The van der Waals surface area contributed by atoms with Gasteiger partial charge >= 0.3 is 0 Å². The molecule has 0 saturated carbocycles. The van der Waals surface area contributed by atoms with Crippen LogP contribution in [-0.2, 0) is 0 Å². The standard InChI is InChI=1S/C12H29N3O/c1-6-13-8-12(16)10-15(7-2)11(3)9-14(4)5/h11-13,16H,6-10H2,1-5H3. The fraction of sp³-hybridized carbons (Fsp3) is 1.00. The van der Waals surface area contributed by atoms with Crippen molar-refractivity contribution in [2.75, 3.05) is 46.8 Å². The molecule has 0 fully saturated rings. The van der Waals surface area contributed by atoms with E-state index < -0.39 is 0 Å². The Morgan fingerprint density at radius 3 is 2.25 bits per heavy atom. The van der Waals surface area contributed by atoms with Crippen molar-refractivity contribution in [3.63, 3.8) is 0 Å². The van der Waals surface area contributed by atoms with Crippen LogP contribution in [0.5, 0.6) is 0 Å². The van der Waals surface area contributed by atoms with Gasteiger partial charge in [-0.25, -0.2) is 0 Å². The highest BCUT2D eigenvalue weighted by atomic mass is 16.3.